The predicted molar refractivity (Wildman–Crippen MR) is 83.9 cm³/mol. The molecule has 3 N–H and O–H groups in total. The fourth-order valence-corrected chi connectivity index (χ4v) is 3.45. The standard InChI is InChI=1S/C14H18ClNO6S/c15-10-5-4-6-11(9-10)23(21,22)16-12(14(19)20)7-2-1-3-8-13(17)18/h4-6,9,12,16H,1-3,7-8H2,(H,17,18)(H,19,20)/t12-/m0/s1. The van der Waals surface area contributed by atoms with E-state index in [1.165, 1.54) is 24.3 Å². The van der Waals surface area contributed by atoms with Gasteiger partial charge in [-0.1, -0.05) is 30.5 Å². The molecule has 0 fully saturated rings. The van der Waals surface area contributed by atoms with Crippen LogP contribution < -0.4 is 4.72 Å². The summed E-state index contributed by atoms with van der Waals surface area (Å²) < 4.78 is 26.5. The van der Waals surface area contributed by atoms with Crippen molar-refractivity contribution in [3.8, 4) is 0 Å². The molecular weight excluding hydrogens is 346 g/mol. The number of hydrogen-bond donors (Lipinski definition) is 3. The molecule has 9 heteroatoms. The minimum absolute atomic E-state index is 0.00593. The Labute approximate surface area is 139 Å². The van der Waals surface area contributed by atoms with Crippen molar-refractivity contribution in [2.75, 3.05) is 0 Å². The maximum atomic E-state index is 12.2. The van der Waals surface area contributed by atoms with Gasteiger partial charge in [-0.25, -0.2) is 8.42 Å². The van der Waals surface area contributed by atoms with E-state index in [0.29, 0.717) is 19.3 Å². The van der Waals surface area contributed by atoms with Crippen LogP contribution in [0.2, 0.25) is 5.02 Å². The third kappa shape index (κ3) is 6.98. The van der Waals surface area contributed by atoms with E-state index >= 15 is 0 Å². The van der Waals surface area contributed by atoms with Gasteiger partial charge in [0.2, 0.25) is 10.0 Å². The second-order valence-corrected chi connectivity index (χ2v) is 7.11. The topological polar surface area (TPSA) is 121 Å². The van der Waals surface area contributed by atoms with E-state index in [0.717, 1.165) is 0 Å². The van der Waals surface area contributed by atoms with Crippen LogP contribution in [0.1, 0.15) is 32.1 Å². The molecule has 0 amide bonds. The first-order chi connectivity index (χ1) is 10.7. The monoisotopic (exact) mass is 363 g/mol. The molecule has 0 aliphatic carbocycles. The van der Waals surface area contributed by atoms with Crippen LogP contribution in [-0.2, 0) is 19.6 Å². The SMILES string of the molecule is O=C(O)CCCCC[C@H](NS(=O)(=O)c1cccc(Cl)c1)C(=O)O. The van der Waals surface area contributed by atoms with Gasteiger partial charge in [-0.3, -0.25) is 9.59 Å². The zero-order valence-electron chi connectivity index (χ0n) is 12.2. The molecule has 0 aromatic heterocycles. The van der Waals surface area contributed by atoms with Gasteiger partial charge in [0, 0.05) is 11.4 Å². The second-order valence-electron chi connectivity index (χ2n) is 4.96. The highest BCUT2D eigenvalue weighted by molar-refractivity contribution is 7.89. The molecule has 7 nitrogen and oxygen atoms in total. The third-order valence-corrected chi connectivity index (χ3v) is 4.79. The first-order valence-corrected chi connectivity index (χ1v) is 8.81. The Morgan fingerprint density at radius 3 is 2.43 bits per heavy atom. The highest BCUT2D eigenvalue weighted by Gasteiger charge is 2.25. The van der Waals surface area contributed by atoms with Gasteiger partial charge in [0.05, 0.1) is 4.90 Å². The number of benzene rings is 1. The lowest BCUT2D eigenvalue weighted by atomic mass is 10.1. The van der Waals surface area contributed by atoms with E-state index in [-0.39, 0.29) is 22.8 Å². The van der Waals surface area contributed by atoms with E-state index in [9.17, 15) is 18.0 Å². The molecule has 1 rings (SSSR count). The number of nitrogens with one attached hydrogen (secondary N) is 1. The molecule has 1 aromatic carbocycles. The molecule has 0 radical (unpaired) electrons. The van der Waals surface area contributed by atoms with Gasteiger partial charge in [0.15, 0.2) is 0 Å². The minimum Gasteiger partial charge on any atom is -0.481 e. The van der Waals surface area contributed by atoms with E-state index < -0.39 is 28.0 Å². The summed E-state index contributed by atoms with van der Waals surface area (Å²) in [6.45, 7) is 0. The van der Waals surface area contributed by atoms with Gasteiger partial charge in [0.25, 0.3) is 0 Å². The highest BCUT2D eigenvalue weighted by Crippen LogP contribution is 2.16. The van der Waals surface area contributed by atoms with E-state index in [4.69, 9.17) is 21.8 Å². The van der Waals surface area contributed by atoms with Crippen LogP contribution in [0.3, 0.4) is 0 Å². The highest BCUT2D eigenvalue weighted by atomic mass is 35.5. The summed E-state index contributed by atoms with van der Waals surface area (Å²) in [7, 11) is -3.99. The van der Waals surface area contributed by atoms with Crippen LogP contribution >= 0.6 is 11.6 Å². The van der Waals surface area contributed by atoms with Crippen molar-refractivity contribution < 1.29 is 28.2 Å². The predicted octanol–water partition coefficient (Wildman–Crippen LogP) is 2.11. The van der Waals surface area contributed by atoms with Gasteiger partial charge < -0.3 is 10.2 Å². The average molecular weight is 364 g/mol. The molecule has 0 spiro atoms. The number of rotatable bonds is 10. The number of sulfonamides is 1. The molecule has 128 valence electrons. The zero-order chi connectivity index (χ0) is 17.5. The van der Waals surface area contributed by atoms with Crippen LogP contribution in [0.5, 0.6) is 0 Å². The molecule has 23 heavy (non-hydrogen) atoms. The van der Waals surface area contributed by atoms with E-state index in [2.05, 4.69) is 4.72 Å². The Bertz CT molecular complexity index is 661. The van der Waals surface area contributed by atoms with Crippen molar-refractivity contribution in [3.63, 3.8) is 0 Å². The molecule has 1 aromatic rings. The van der Waals surface area contributed by atoms with Gasteiger partial charge >= 0.3 is 11.9 Å². The second kappa shape index (κ2) is 8.85. The van der Waals surface area contributed by atoms with E-state index in [1.807, 2.05) is 0 Å². The number of hydrogen-bond acceptors (Lipinski definition) is 4. The van der Waals surface area contributed by atoms with Crippen molar-refractivity contribution in [2.24, 2.45) is 0 Å². The van der Waals surface area contributed by atoms with Crippen molar-refractivity contribution >= 4 is 33.6 Å². The minimum atomic E-state index is -3.99. The number of carboxylic acid groups (broad SMARTS) is 2. The van der Waals surface area contributed by atoms with Gasteiger partial charge in [-0.2, -0.15) is 4.72 Å². The quantitative estimate of drug-likeness (QED) is 0.547. The largest absolute Gasteiger partial charge is 0.481 e. The first kappa shape index (κ1) is 19.4. The maximum Gasteiger partial charge on any atom is 0.321 e. The maximum absolute atomic E-state index is 12.2. The zero-order valence-corrected chi connectivity index (χ0v) is 13.8. The Balaban J connectivity index is 2.64. The Morgan fingerprint density at radius 1 is 1.17 bits per heavy atom. The van der Waals surface area contributed by atoms with Gasteiger partial charge in [-0.05, 0) is 31.0 Å². The van der Waals surface area contributed by atoms with Crippen LogP contribution in [0.4, 0.5) is 0 Å². The lowest BCUT2D eigenvalue weighted by molar-refractivity contribution is -0.139. The van der Waals surface area contributed by atoms with Crippen LogP contribution in [0, 0.1) is 0 Å². The summed E-state index contributed by atoms with van der Waals surface area (Å²) in [5.41, 5.74) is 0. The lowest BCUT2D eigenvalue weighted by Gasteiger charge is -2.14. The number of carboxylic acids is 2. The van der Waals surface area contributed by atoms with Crippen LogP contribution in [0.15, 0.2) is 29.2 Å². The molecule has 0 aliphatic heterocycles. The molecule has 0 saturated heterocycles. The molecule has 0 heterocycles. The fourth-order valence-electron chi connectivity index (χ4n) is 1.92. The van der Waals surface area contributed by atoms with Crippen LogP contribution in [-0.4, -0.2) is 36.6 Å². The van der Waals surface area contributed by atoms with Gasteiger partial charge in [0.1, 0.15) is 6.04 Å². The molecule has 0 bridgehead atoms. The molecule has 0 aliphatic rings. The normalized spacial score (nSPS) is 12.7. The molecule has 1 atom stereocenters. The smallest absolute Gasteiger partial charge is 0.321 e. The number of aliphatic carboxylic acids is 2. The van der Waals surface area contributed by atoms with E-state index in [1.54, 1.807) is 0 Å². The van der Waals surface area contributed by atoms with Crippen LogP contribution in [0.25, 0.3) is 0 Å². The lowest BCUT2D eigenvalue weighted by Crippen LogP contribution is -2.40. The Kier molecular flexibility index (Phi) is 7.47. The summed E-state index contributed by atoms with van der Waals surface area (Å²) in [6.07, 6.45) is 1.42. The van der Waals surface area contributed by atoms with Crippen molar-refractivity contribution in [2.45, 2.75) is 43.0 Å². The summed E-state index contributed by atoms with van der Waals surface area (Å²) in [5, 5.41) is 17.9. The molecule has 0 saturated carbocycles. The van der Waals surface area contributed by atoms with Crippen molar-refractivity contribution in [3.05, 3.63) is 29.3 Å². The first-order valence-electron chi connectivity index (χ1n) is 6.95. The molecule has 0 unspecified atom stereocenters. The van der Waals surface area contributed by atoms with Crippen molar-refractivity contribution in [1.29, 1.82) is 0 Å². The van der Waals surface area contributed by atoms with Crippen molar-refractivity contribution in [1.82, 2.24) is 4.72 Å². The Hall–Kier alpha value is -1.64. The Morgan fingerprint density at radius 2 is 1.87 bits per heavy atom. The summed E-state index contributed by atoms with van der Waals surface area (Å²) in [5.74, 6) is -2.20. The summed E-state index contributed by atoms with van der Waals surface area (Å²) in [6, 6.07) is 4.25. The molecular formula is C14H18ClNO6S. The fraction of sp³-hybridized carbons (Fsp3) is 0.429. The van der Waals surface area contributed by atoms with Gasteiger partial charge in [-0.15, -0.1) is 0 Å². The average Bonchev–Trinajstić information content (AvgIpc) is 2.45. The number of unbranched alkanes of at least 4 members (excludes halogenated alkanes) is 2. The summed E-state index contributed by atoms with van der Waals surface area (Å²) in [4.78, 5) is 21.5. The number of carbonyl (C=O) groups is 2. The third-order valence-electron chi connectivity index (χ3n) is 3.09. The number of halogens is 1. The summed E-state index contributed by atoms with van der Waals surface area (Å²) >= 11 is 5.74.